The van der Waals surface area contributed by atoms with Gasteiger partial charge in [-0.2, -0.15) is 0 Å². The van der Waals surface area contributed by atoms with Gasteiger partial charge in [0, 0.05) is 17.0 Å². The number of aromatic nitrogens is 2. The van der Waals surface area contributed by atoms with Gasteiger partial charge in [-0.15, -0.1) is 0 Å². The molecule has 4 rings (SSSR count). The van der Waals surface area contributed by atoms with Crippen LogP contribution in [0.3, 0.4) is 0 Å². The summed E-state index contributed by atoms with van der Waals surface area (Å²) in [6.07, 6.45) is 3.51. The maximum atomic E-state index is 5.62. The van der Waals surface area contributed by atoms with Gasteiger partial charge in [0.25, 0.3) is 0 Å². The molecule has 0 aliphatic rings. The number of hydrogen-bond acceptors (Lipinski definition) is 4. The lowest BCUT2D eigenvalue weighted by molar-refractivity contribution is 0.481. The molecule has 2 aromatic carbocycles. The quantitative estimate of drug-likeness (QED) is 0.388. The Kier molecular flexibility index (Phi) is 6.43. The second-order valence-electron chi connectivity index (χ2n) is 7.18. The van der Waals surface area contributed by atoms with Crippen LogP contribution in [-0.4, -0.2) is 9.97 Å². The van der Waals surface area contributed by atoms with Crippen molar-refractivity contribution < 1.29 is 8.83 Å². The van der Waals surface area contributed by atoms with E-state index in [9.17, 15) is 0 Å². The van der Waals surface area contributed by atoms with Gasteiger partial charge in [0.05, 0.1) is 11.9 Å². The van der Waals surface area contributed by atoms with Crippen LogP contribution in [0.2, 0.25) is 0 Å². The Balaban J connectivity index is 0.000000161. The zero-order valence-corrected chi connectivity index (χ0v) is 16.8. The lowest BCUT2D eigenvalue weighted by atomic mass is 10.1. The molecule has 0 amide bonds. The van der Waals surface area contributed by atoms with E-state index in [4.69, 9.17) is 8.83 Å². The molecule has 4 aromatic rings. The largest absolute Gasteiger partial charge is 0.444 e. The van der Waals surface area contributed by atoms with Crippen LogP contribution in [0.5, 0.6) is 0 Å². The van der Waals surface area contributed by atoms with Gasteiger partial charge < -0.3 is 8.83 Å². The summed E-state index contributed by atoms with van der Waals surface area (Å²) in [6, 6.07) is 19.9. The summed E-state index contributed by atoms with van der Waals surface area (Å²) in [5, 5.41) is 0. The molecule has 28 heavy (non-hydrogen) atoms. The average molecular weight is 374 g/mol. The Morgan fingerprint density at radius 2 is 1.36 bits per heavy atom. The van der Waals surface area contributed by atoms with E-state index in [1.54, 1.807) is 12.5 Å². The number of nitrogens with zero attached hydrogens (tertiary/aromatic N) is 2. The summed E-state index contributed by atoms with van der Waals surface area (Å²) >= 11 is 0. The maximum Gasteiger partial charge on any atom is 0.226 e. The third-order valence-electron chi connectivity index (χ3n) is 4.21. The first-order valence-electron chi connectivity index (χ1n) is 9.56. The molecule has 0 fully saturated rings. The molecule has 0 saturated carbocycles. The molecule has 0 unspecified atom stereocenters. The average Bonchev–Trinajstić information content (AvgIpc) is 3.40. The van der Waals surface area contributed by atoms with Crippen molar-refractivity contribution in [2.75, 3.05) is 0 Å². The minimum Gasteiger partial charge on any atom is -0.444 e. The number of benzene rings is 2. The van der Waals surface area contributed by atoms with Crippen molar-refractivity contribution in [3.05, 3.63) is 84.7 Å². The molecule has 0 N–H and O–H groups in total. The predicted octanol–water partition coefficient (Wildman–Crippen LogP) is 6.93. The van der Waals surface area contributed by atoms with Crippen LogP contribution in [0.1, 0.15) is 51.1 Å². The summed E-state index contributed by atoms with van der Waals surface area (Å²) in [6.45, 7) is 8.35. The van der Waals surface area contributed by atoms with E-state index in [0.29, 0.717) is 17.7 Å². The molecule has 2 aromatic heterocycles. The fourth-order valence-electron chi connectivity index (χ4n) is 2.56. The molecule has 0 bridgehead atoms. The molecular formula is C24H26N2O2. The number of hydrogen-bond donors (Lipinski definition) is 0. The van der Waals surface area contributed by atoms with E-state index in [2.05, 4.69) is 37.7 Å². The lowest BCUT2D eigenvalue weighted by Gasteiger charge is -1.97. The van der Waals surface area contributed by atoms with Gasteiger partial charge in [-0.05, 0) is 18.1 Å². The molecule has 0 saturated heterocycles. The standard InChI is InChI=1S/2C12H13NO/c1-9(2)12-13-8-11(14-12)10-6-4-3-5-7-10;1-9(2)11-8-14-12(13-11)10-6-4-3-5-7-10/h2*3-9H,1-2H3. The number of rotatable bonds is 4. The molecule has 0 aliphatic carbocycles. The van der Waals surface area contributed by atoms with Crippen molar-refractivity contribution in [2.24, 2.45) is 0 Å². The van der Waals surface area contributed by atoms with E-state index in [1.807, 2.05) is 60.7 Å². The fourth-order valence-corrected chi connectivity index (χ4v) is 2.56. The smallest absolute Gasteiger partial charge is 0.226 e. The molecule has 0 radical (unpaired) electrons. The highest BCUT2D eigenvalue weighted by Gasteiger charge is 2.09. The SMILES string of the molecule is CC(C)c1coc(-c2ccccc2)n1.CC(C)c1ncc(-c2ccccc2)o1. The third kappa shape index (κ3) is 4.97. The monoisotopic (exact) mass is 374 g/mol. The molecule has 4 nitrogen and oxygen atoms in total. The Morgan fingerprint density at radius 1 is 0.750 bits per heavy atom. The van der Waals surface area contributed by atoms with Crippen molar-refractivity contribution in [2.45, 2.75) is 39.5 Å². The topological polar surface area (TPSA) is 52.1 Å². The molecule has 144 valence electrons. The second-order valence-corrected chi connectivity index (χ2v) is 7.18. The van der Waals surface area contributed by atoms with Crippen molar-refractivity contribution in [3.63, 3.8) is 0 Å². The predicted molar refractivity (Wildman–Crippen MR) is 112 cm³/mol. The first kappa shape index (κ1) is 19.6. The van der Waals surface area contributed by atoms with Gasteiger partial charge in [-0.3, -0.25) is 0 Å². The van der Waals surface area contributed by atoms with E-state index in [1.165, 1.54) is 0 Å². The van der Waals surface area contributed by atoms with Gasteiger partial charge in [-0.1, -0.05) is 76.2 Å². The van der Waals surface area contributed by atoms with E-state index in [-0.39, 0.29) is 0 Å². The van der Waals surface area contributed by atoms with Crippen molar-refractivity contribution in [3.8, 4) is 22.8 Å². The molecule has 4 heteroatoms. The minimum absolute atomic E-state index is 0.340. The summed E-state index contributed by atoms with van der Waals surface area (Å²) in [5.74, 6) is 3.09. The fraction of sp³-hybridized carbons (Fsp3) is 0.250. The zero-order valence-electron chi connectivity index (χ0n) is 16.8. The molecule has 0 spiro atoms. The Hall–Kier alpha value is -3.14. The van der Waals surface area contributed by atoms with Crippen molar-refractivity contribution in [1.29, 1.82) is 0 Å². The van der Waals surface area contributed by atoms with Crippen LogP contribution >= 0.6 is 0 Å². The van der Waals surface area contributed by atoms with Gasteiger partial charge in [0.1, 0.15) is 6.26 Å². The summed E-state index contributed by atoms with van der Waals surface area (Å²) in [5.41, 5.74) is 3.11. The van der Waals surface area contributed by atoms with Crippen LogP contribution in [0.15, 0.2) is 82.0 Å². The van der Waals surface area contributed by atoms with Gasteiger partial charge in [0.2, 0.25) is 5.89 Å². The Bertz CT molecular complexity index is 888. The lowest BCUT2D eigenvalue weighted by Crippen LogP contribution is -1.86. The van der Waals surface area contributed by atoms with Gasteiger partial charge >= 0.3 is 0 Å². The number of oxazole rings is 2. The van der Waals surface area contributed by atoms with Crippen molar-refractivity contribution >= 4 is 0 Å². The van der Waals surface area contributed by atoms with Crippen LogP contribution in [0, 0.1) is 0 Å². The molecule has 0 atom stereocenters. The highest BCUT2D eigenvalue weighted by Crippen LogP contribution is 2.23. The van der Waals surface area contributed by atoms with Crippen LogP contribution in [0.25, 0.3) is 22.8 Å². The zero-order chi connectivity index (χ0) is 19.9. The normalized spacial score (nSPS) is 10.8. The first-order chi connectivity index (χ1) is 13.5. The van der Waals surface area contributed by atoms with Crippen LogP contribution < -0.4 is 0 Å². The summed E-state index contributed by atoms with van der Waals surface area (Å²) in [4.78, 5) is 8.64. The Morgan fingerprint density at radius 3 is 1.86 bits per heavy atom. The van der Waals surface area contributed by atoms with E-state index in [0.717, 1.165) is 28.5 Å². The van der Waals surface area contributed by atoms with Crippen LogP contribution in [0.4, 0.5) is 0 Å². The molecule has 0 aliphatic heterocycles. The summed E-state index contributed by atoms with van der Waals surface area (Å²) < 4.78 is 11.0. The molecular weight excluding hydrogens is 348 g/mol. The maximum absolute atomic E-state index is 5.62. The van der Waals surface area contributed by atoms with Gasteiger partial charge in [-0.25, -0.2) is 9.97 Å². The summed E-state index contributed by atoms with van der Waals surface area (Å²) in [7, 11) is 0. The second kappa shape index (κ2) is 9.18. The highest BCUT2D eigenvalue weighted by atomic mass is 16.4. The third-order valence-corrected chi connectivity index (χ3v) is 4.21. The minimum atomic E-state index is 0.340. The first-order valence-corrected chi connectivity index (χ1v) is 9.56. The van der Waals surface area contributed by atoms with E-state index < -0.39 is 0 Å². The van der Waals surface area contributed by atoms with Gasteiger partial charge in [0.15, 0.2) is 11.7 Å². The molecule has 2 heterocycles. The van der Waals surface area contributed by atoms with E-state index >= 15 is 0 Å². The van der Waals surface area contributed by atoms with Crippen LogP contribution in [-0.2, 0) is 0 Å². The van der Waals surface area contributed by atoms with Crippen molar-refractivity contribution in [1.82, 2.24) is 9.97 Å². The Labute approximate surface area is 166 Å². The highest BCUT2D eigenvalue weighted by molar-refractivity contribution is 5.55.